The van der Waals surface area contributed by atoms with Gasteiger partial charge in [0.05, 0.1) is 13.7 Å². The average molecular weight is 397 g/mol. The number of piperidine rings is 1. The van der Waals surface area contributed by atoms with Crippen molar-refractivity contribution in [2.45, 2.75) is 45.2 Å². The summed E-state index contributed by atoms with van der Waals surface area (Å²) in [5, 5.41) is 3.61. The minimum atomic E-state index is -0.203. The van der Waals surface area contributed by atoms with Crippen molar-refractivity contribution in [2.24, 2.45) is 0 Å². The molecular formula is C24H32N2O3. The van der Waals surface area contributed by atoms with Gasteiger partial charge in [-0.2, -0.15) is 0 Å². The molecule has 0 aromatic heterocycles. The second-order valence-corrected chi connectivity index (χ2v) is 7.55. The Bertz CT molecular complexity index is 786. The summed E-state index contributed by atoms with van der Waals surface area (Å²) in [5.74, 6) is 1.32. The van der Waals surface area contributed by atoms with E-state index in [0.29, 0.717) is 12.5 Å². The lowest BCUT2D eigenvalue weighted by Crippen LogP contribution is -2.38. The Labute approximate surface area is 174 Å². The molecule has 0 radical (unpaired) electrons. The summed E-state index contributed by atoms with van der Waals surface area (Å²) in [5.41, 5.74) is 3.77. The van der Waals surface area contributed by atoms with Crippen LogP contribution in [0.2, 0.25) is 0 Å². The van der Waals surface area contributed by atoms with Crippen LogP contribution in [0.5, 0.6) is 5.75 Å². The number of hydrogen-bond donors (Lipinski definition) is 1. The Morgan fingerprint density at radius 1 is 1.17 bits per heavy atom. The number of nitrogens with one attached hydrogen (secondary N) is 1. The van der Waals surface area contributed by atoms with Crippen molar-refractivity contribution >= 4 is 6.09 Å². The number of nitrogens with zero attached hydrogens (tertiary/aromatic N) is 1. The maximum Gasteiger partial charge on any atom is 0.409 e. The van der Waals surface area contributed by atoms with Gasteiger partial charge in [-0.1, -0.05) is 42.5 Å². The number of benzene rings is 2. The first-order valence-electron chi connectivity index (χ1n) is 10.5. The lowest BCUT2D eigenvalue weighted by Gasteiger charge is -2.32. The van der Waals surface area contributed by atoms with Crippen LogP contribution in [0.4, 0.5) is 4.79 Å². The van der Waals surface area contributed by atoms with Crippen LogP contribution in [0, 0.1) is 0 Å². The molecule has 29 heavy (non-hydrogen) atoms. The fourth-order valence-corrected chi connectivity index (χ4v) is 3.93. The third-order valence-corrected chi connectivity index (χ3v) is 5.67. The highest BCUT2D eigenvalue weighted by Crippen LogP contribution is 2.35. The molecular weight excluding hydrogens is 364 g/mol. The lowest BCUT2D eigenvalue weighted by atomic mass is 9.88. The summed E-state index contributed by atoms with van der Waals surface area (Å²) in [7, 11) is 1.72. The molecule has 1 aliphatic heterocycles. The van der Waals surface area contributed by atoms with Crippen LogP contribution >= 0.6 is 0 Å². The van der Waals surface area contributed by atoms with Crippen LogP contribution in [0.15, 0.2) is 48.5 Å². The van der Waals surface area contributed by atoms with E-state index in [9.17, 15) is 4.79 Å². The van der Waals surface area contributed by atoms with E-state index in [1.54, 1.807) is 12.0 Å². The number of likely N-dealkylation sites (tertiary alicyclic amines) is 1. The average Bonchev–Trinajstić information content (AvgIpc) is 2.78. The highest BCUT2D eigenvalue weighted by Gasteiger charge is 2.26. The van der Waals surface area contributed by atoms with Gasteiger partial charge < -0.3 is 19.7 Å². The molecule has 3 rings (SSSR count). The van der Waals surface area contributed by atoms with Gasteiger partial charge in [-0.05, 0) is 55.4 Å². The highest BCUT2D eigenvalue weighted by atomic mass is 16.6. The zero-order valence-corrected chi connectivity index (χ0v) is 17.7. The third kappa shape index (κ3) is 5.51. The third-order valence-electron chi connectivity index (χ3n) is 5.67. The number of amides is 1. The summed E-state index contributed by atoms with van der Waals surface area (Å²) in [4.78, 5) is 13.8. The van der Waals surface area contributed by atoms with Crippen molar-refractivity contribution in [1.82, 2.24) is 10.2 Å². The predicted molar refractivity (Wildman–Crippen MR) is 115 cm³/mol. The number of rotatable bonds is 7. The number of ether oxygens (including phenoxy) is 2. The van der Waals surface area contributed by atoms with Crippen LogP contribution in [0.3, 0.4) is 0 Å². The molecule has 1 aliphatic rings. The molecule has 5 heteroatoms. The van der Waals surface area contributed by atoms with Gasteiger partial charge in [0.25, 0.3) is 0 Å². The Balaban J connectivity index is 1.64. The van der Waals surface area contributed by atoms with Gasteiger partial charge >= 0.3 is 6.09 Å². The molecule has 156 valence electrons. The standard InChI is InChI=1S/C24H32N2O3/c1-4-29-24(27)26-14-12-21(13-15-26)22-16-19(10-11-23(22)28-3)17-25-18(2)20-8-6-5-7-9-20/h5-11,16,18,21,25H,4,12-15,17H2,1-3H3/t18-/m1/s1. The van der Waals surface area contributed by atoms with Crippen molar-refractivity contribution in [3.05, 3.63) is 65.2 Å². The molecule has 1 saturated heterocycles. The molecule has 2 aromatic carbocycles. The number of carbonyl (C=O) groups excluding carboxylic acids is 1. The van der Waals surface area contributed by atoms with E-state index in [1.807, 2.05) is 13.0 Å². The van der Waals surface area contributed by atoms with Gasteiger partial charge in [0.2, 0.25) is 0 Å². The minimum Gasteiger partial charge on any atom is -0.496 e. The van der Waals surface area contributed by atoms with E-state index in [1.165, 1.54) is 16.7 Å². The maximum absolute atomic E-state index is 12.0. The van der Waals surface area contributed by atoms with E-state index in [4.69, 9.17) is 9.47 Å². The van der Waals surface area contributed by atoms with Crippen LogP contribution in [-0.2, 0) is 11.3 Å². The zero-order chi connectivity index (χ0) is 20.6. The molecule has 0 bridgehead atoms. The van der Waals surface area contributed by atoms with Gasteiger partial charge in [0.1, 0.15) is 5.75 Å². The topological polar surface area (TPSA) is 50.8 Å². The van der Waals surface area contributed by atoms with Crippen LogP contribution in [0.1, 0.15) is 55.3 Å². The quantitative estimate of drug-likeness (QED) is 0.725. The van der Waals surface area contributed by atoms with Crippen molar-refractivity contribution in [1.29, 1.82) is 0 Å². The monoisotopic (exact) mass is 396 g/mol. The van der Waals surface area contributed by atoms with Gasteiger partial charge in [-0.25, -0.2) is 4.79 Å². The molecule has 5 nitrogen and oxygen atoms in total. The lowest BCUT2D eigenvalue weighted by molar-refractivity contribution is 0.0969. The smallest absolute Gasteiger partial charge is 0.409 e. The Hall–Kier alpha value is -2.53. The molecule has 1 amide bonds. The van der Waals surface area contributed by atoms with E-state index in [2.05, 4.69) is 54.7 Å². The fraction of sp³-hybridized carbons (Fsp3) is 0.458. The molecule has 0 unspecified atom stereocenters. The van der Waals surface area contributed by atoms with Crippen molar-refractivity contribution in [3.63, 3.8) is 0 Å². The summed E-state index contributed by atoms with van der Waals surface area (Å²) < 4.78 is 10.8. The number of hydrogen-bond acceptors (Lipinski definition) is 4. The number of carbonyl (C=O) groups is 1. The van der Waals surface area contributed by atoms with Crippen molar-refractivity contribution < 1.29 is 14.3 Å². The predicted octanol–water partition coefficient (Wildman–Crippen LogP) is 4.88. The molecule has 1 heterocycles. The molecule has 1 atom stereocenters. The Morgan fingerprint density at radius 2 is 1.90 bits per heavy atom. The Morgan fingerprint density at radius 3 is 2.55 bits per heavy atom. The fourth-order valence-electron chi connectivity index (χ4n) is 3.93. The summed E-state index contributed by atoms with van der Waals surface area (Å²) in [6.07, 6.45) is 1.64. The van der Waals surface area contributed by atoms with Gasteiger partial charge in [0.15, 0.2) is 0 Å². The van der Waals surface area contributed by atoms with E-state index in [0.717, 1.165) is 38.2 Å². The summed E-state index contributed by atoms with van der Waals surface area (Å²) >= 11 is 0. The normalized spacial score (nSPS) is 15.8. The molecule has 2 aromatic rings. The van der Waals surface area contributed by atoms with Gasteiger partial charge in [-0.15, -0.1) is 0 Å². The maximum atomic E-state index is 12.0. The van der Waals surface area contributed by atoms with Crippen molar-refractivity contribution in [3.8, 4) is 5.75 Å². The van der Waals surface area contributed by atoms with Gasteiger partial charge in [-0.3, -0.25) is 0 Å². The van der Waals surface area contributed by atoms with E-state index in [-0.39, 0.29) is 12.1 Å². The summed E-state index contributed by atoms with van der Waals surface area (Å²) in [6.45, 7) is 6.69. The second-order valence-electron chi connectivity index (χ2n) is 7.55. The first-order valence-corrected chi connectivity index (χ1v) is 10.5. The molecule has 1 N–H and O–H groups in total. The molecule has 0 saturated carbocycles. The zero-order valence-electron chi connectivity index (χ0n) is 17.7. The largest absolute Gasteiger partial charge is 0.496 e. The highest BCUT2D eigenvalue weighted by molar-refractivity contribution is 5.67. The van der Waals surface area contributed by atoms with Crippen LogP contribution in [-0.4, -0.2) is 37.8 Å². The molecule has 0 spiro atoms. The first-order chi connectivity index (χ1) is 14.1. The number of methoxy groups -OCH3 is 1. The van der Waals surface area contributed by atoms with Crippen LogP contribution < -0.4 is 10.1 Å². The Kier molecular flexibility index (Phi) is 7.53. The van der Waals surface area contributed by atoms with Gasteiger partial charge in [0, 0.05) is 25.7 Å². The van der Waals surface area contributed by atoms with Crippen molar-refractivity contribution in [2.75, 3.05) is 26.8 Å². The molecule has 0 aliphatic carbocycles. The SMILES string of the molecule is CCOC(=O)N1CCC(c2cc(CN[C@H](C)c3ccccc3)ccc2OC)CC1. The van der Waals surface area contributed by atoms with E-state index < -0.39 is 0 Å². The first kappa shape index (κ1) is 21.2. The minimum absolute atomic E-state index is 0.203. The summed E-state index contributed by atoms with van der Waals surface area (Å²) in [6, 6.07) is 17.2. The molecule has 1 fully saturated rings. The van der Waals surface area contributed by atoms with Crippen LogP contribution in [0.25, 0.3) is 0 Å². The van der Waals surface area contributed by atoms with E-state index >= 15 is 0 Å². The second kappa shape index (κ2) is 10.3.